The Bertz CT molecular complexity index is 724. The molecule has 10 heteroatoms. The smallest absolute Gasteiger partial charge is 0.243 e. The van der Waals surface area contributed by atoms with Gasteiger partial charge in [-0.1, -0.05) is 27.5 Å². The molecule has 7 nitrogen and oxygen atoms in total. The molecule has 3 rings (SSSR count). The van der Waals surface area contributed by atoms with Crippen molar-refractivity contribution >= 4 is 45.1 Å². The maximum Gasteiger partial charge on any atom is 0.243 e. The molecule has 1 saturated heterocycles. The number of anilines is 2. The zero-order chi connectivity index (χ0) is 17.8. The first-order chi connectivity index (χ1) is 12.0. The number of carbonyl (C=O) groups is 1. The van der Waals surface area contributed by atoms with E-state index in [4.69, 9.17) is 16.3 Å². The van der Waals surface area contributed by atoms with Gasteiger partial charge in [-0.3, -0.25) is 10.2 Å². The average molecular weight is 433 g/mol. The number of ketones is 1. The summed E-state index contributed by atoms with van der Waals surface area (Å²) >= 11 is 9.30. The van der Waals surface area contributed by atoms with E-state index in [2.05, 4.69) is 36.7 Å². The van der Waals surface area contributed by atoms with Gasteiger partial charge in [0.05, 0.1) is 24.4 Å². The summed E-state index contributed by atoms with van der Waals surface area (Å²) in [6.07, 6.45) is 4.78. The number of carbonyl (C=O) groups excluding carboxylic acids is 1. The van der Waals surface area contributed by atoms with E-state index in [1.54, 1.807) is 11.0 Å². The lowest BCUT2D eigenvalue weighted by atomic mass is 10.0. The van der Waals surface area contributed by atoms with Crippen LogP contribution in [0.4, 0.5) is 16.2 Å². The molecule has 0 aromatic carbocycles. The van der Waals surface area contributed by atoms with E-state index in [-0.39, 0.29) is 27.4 Å². The minimum atomic E-state index is -0.493. The van der Waals surface area contributed by atoms with E-state index < -0.39 is 5.82 Å². The van der Waals surface area contributed by atoms with E-state index >= 15 is 0 Å². The Morgan fingerprint density at radius 1 is 1.44 bits per heavy atom. The lowest BCUT2D eigenvalue weighted by Crippen LogP contribution is -2.37. The lowest BCUT2D eigenvalue weighted by molar-refractivity contribution is -0.112. The number of nitrogens with one attached hydrogen (secondary N) is 2. The maximum absolute atomic E-state index is 14.0. The van der Waals surface area contributed by atoms with Gasteiger partial charge in [0.25, 0.3) is 0 Å². The first-order valence-electron chi connectivity index (χ1n) is 7.66. The molecular weight excluding hydrogens is 417 g/mol. The molecule has 0 saturated carbocycles. The van der Waals surface area contributed by atoms with Crippen LogP contribution >= 0.6 is 27.5 Å². The number of ether oxygens (including phenoxy) is 1. The van der Waals surface area contributed by atoms with Crippen LogP contribution in [-0.4, -0.2) is 46.9 Å². The van der Waals surface area contributed by atoms with Gasteiger partial charge >= 0.3 is 0 Å². The fraction of sp³-hybridized carbons (Fsp3) is 0.400. The molecular formula is C15H16BrClFN5O2. The van der Waals surface area contributed by atoms with Crippen LogP contribution in [0.2, 0.25) is 0 Å². The Labute approximate surface area is 157 Å². The van der Waals surface area contributed by atoms with Crippen LogP contribution in [0.25, 0.3) is 0 Å². The van der Waals surface area contributed by atoms with Gasteiger partial charge in [-0.25, -0.2) is 9.37 Å². The molecule has 1 aliphatic heterocycles. The number of hydrazine groups is 1. The first-order valence-corrected chi connectivity index (χ1v) is 8.96. The van der Waals surface area contributed by atoms with E-state index in [1.165, 1.54) is 6.20 Å². The zero-order valence-corrected chi connectivity index (χ0v) is 15.5. The molecule has 1 aromatic rings. The fourth-order valence-corrected chi connectivity index (χ4v) is 3.52. The third kappa shape index (κ3) is 4.47. The second kappa shape index (κ2) is 8.11. The van der Waals surface area contributed by atoms with Gasteiger partial charge in [-0.05, 0) is 12.5 Å². The molecule has 25 heavy (non-hydrogen) atoms. The van der Waals surface area contributed by atoms with Crippen molar-refractivity contribution in [3.8, 4) is 0 Å². The summed E-state index contributed by atoms with van der Waals surface area (Å²) in [5.41, 5.74) is 6.02. The van der Waals surface area contributed by atoms with Crippen molar-refractivity contribution in [2.24, 2.45) is 0 Å². The number of aromatic nitrogens is 2. The summed E-state index contributed by atoms with van der Waals surface area (Å²) in [6, 6.07) is 0. The number of hydrogen-bond acceptors (Lipinski definition) is 7. The third-order valence-electron chi connectivity index (χ3n) is 3.72. The summed E-state index contributed by atoms with van der Waals surface area (Å²) in [5.74, 6) is -0.316. The average Bonchev–Trinajstić information content (AvgIpc) is 2.61. The third-order valence-corrected chi connectivity index (χ3v) is 4.60. The van der Waals surface area contributed by atoms with Crippen molar-refractivity contribution in [2.45, 2.75) is 11.2 Å². The molecule has 1 unspecified atom stereocenters. The topological polar surface area (TPSA) is 79.4 Å². The Kier molecular flexibility index (Phi) is 5.87. The Morgan fingerprint density at radius 2 is 2.20 bits per heavy atom. The molecule has 0 bridgehead atoms. The molecule has 2 heterocycles. The molecule has 2 aliphatic rings. The van der Waals surface area contributed by atoms with E-state index in [1.807, 2.05) is 0 Å². The van der Waals surface area contributed by atoms with Gasteiger partial charge < -0.3 is 15.1 Å². The Hall–Kier alpha value is -1.71. The van der Waals surface area contributed by atoms with Gasteiger partial charge in [0.15, 0.2) is 11.6 Å². The van der Waals surface area contributed by atoms with Crippen molar-refractivity contribution in [1.82, 2.24) is 15.4 Å². The number of Topliss-reactive ketones (excluding diaryl/α,β-unsaturated/α-hetero) is 1. The van der Waals surface area contributed by atoms with Gasteiger partial charge in [-0.2, -0.15) is 4.98 Å². The number of halogens is 3. The van der Waals surface area contributed by atoms with Crippen molar-refractivity contribution in [1.29, 1.82) is 0 Å². The van der Waals surface area contributed by atoms with Crippen LogP contribution < -0.4 is 15.8 Å². The molecule has 0 amide bonds. The minimum absolute atomic E-state index is 0.000689. The van der Waals surface area contributed by atoms with E-state index in [9.17, 15) is 9.18 Å². The van der Waals surface area contributed by atoms with Gasteiger partial charge in [0, 0.05) is 29.7 Å². The van der Waals surface area contributed by atoms with E-state index in [0.29, 0.717) is 38.3 Å². The molecule has 1 fully saturated rings. The zero-order valence-electron chi connectivity index (χ0n) is 13.1. The highest BCUT2D eigenvalue weighted by atomic mass is 79.9. The standard InChI is InChI=1S/C15H16BrClFN5O2/c16-10-5-9(13(24)11(17)6-10)7-20-22-15-19-8-12(18)14(21-15)23-1-3-25-4-2-23/h6-8,10,20H,1-5H2,(H,19,21,22). The molecule has 1 aliphatic carbocycles. The normalized spacial score (nSPS) is 22.8. The second-order valence-electron chi connectivity index (χ2n) is 5.47. The van der Waals surface area contributed by atoms with Crippen LogP contribution in [-0.2, 0) is 9.53 Å². The monoisotopic (exact) mass is 431 g/mol. The van der Waals surface area contributed by atoms with Crippen LogP contribution in [0.3, 0.4) is 0 Å². The largest absolute Gasteiger partial charge is 0.378 e. The van der Waals surface area contributed by atoms with Crippen molar-refractivity contribution in [3.05, 3.63) is 34.9 Å². The van der Waals surface area contributed by atoms with Crippen LogP contribution in [0.1, 0.15) is 6.42 Å². The molecule has 134 valence electrons. The number of morpholine rings is 1. The summed E-state index contributed by atoms with van der Waals surface area (Å²) in [5, 5.41) is 0.175. The predicted molar refractivity (Wildman–Crippen MR) is 96.1 cm³/mol. The number of alkyl halides is 1. The van der Waals surface area contributed by atoms with Crippen LogP contribution in [0, 0.1) is 5.82 Å². The van der Waals surface area contributed by atoms with E-state index in [0.717, 1.165) is 6.20 Å². The van der Waals surface area contributed by atoms with Crippen LogP contribution in [0.5, 0.6) is 0 Å². The SMILES string of the molecule is O=C1C(Cl)=CC(Br)CC1=CNNc1ncc(F)c(N2CCOCC2)n1. The Morgan fingerprint density at radius 3 is 2.96 bits per heavy atom. The summed E-state index contributed by atoms with van der Waals surface area (Å²) < 4.78 is 19.2. The molecule has 1 atom stereocenters. The van der Waals surface area contributed by atoms with Crippen molar-refractivity contribution in [2.75, 3.05) is 36.6 Å². The number of rotatable bonds is 4. The second-order valence-corrected chi connectivity index (χ2v) is 7.05. The van der Waals surface area contributed by atoms with Gasteiger partial charge in [-0.15, -0.1) is 0 Å². The summed E-state index contributed by atoms with van der Waals surface area (Å²) in [4.78, 5) is 21.8. The maximum atomic E-state index is 14.0. The Balaban J connectivity index is 1.66. The molecule has 0 radical (unpaired) electrons. The molecule has 0 spiro atoms. The van der Waals surface area contributed by atoms with Crippen LogP contribution in [0.15, 0.2) is 29.1 Å². The van der Waals surface area contributed by atoms with Crippen molar-refractivity contribution < 1.29 is 13.9 Å². The quantitative estimate of drug-likeness (QED) is 0.428. The summed E-state index contributed by atoms with van der Waals surface area (Å²) in [6.45, 7) is 2.19. The highest BCUT2D eigenvalue weighted by molar-refractivity contribution is 9.09. The molecule has 1 aromatic heterocycles. The highest BCUT2D eigenvalue weighted by Gasteiger charge is 2.22. The minimum Gasteiger partial charge on any atom is -0.378 e. The van der Waals surface area contributed by atoms with Crippen molar-refractivity contribution in [3.63, 3.8) is 0 Å². The fourth-order valence-electron chi connectivity index (χ4n) is 2.48. The predicted octanol–water partition coefficient (Wildman–Crippen LogP) is 2.11. The number of hydrogen-bond donors (Lipinski definition) is 2. The first kappa shape index (κ1) is 18.1. The number of nitrogens with zero attached hydrogens (tertiary/aromatic N) is 3. The number of allylic oxidation sites excluding steroid dienone is 3. The summed E-state index contributed by atoms with van der Waals surface area (Å²) in [7, 11) is 0. The van der Waals surface area contributed by atoms with Gasteiger partial charge in [0.2, 0.25) is 11.7 Å². The molecule has 2 N–H and O–H groups in total. The highest BCUT2D eigenvalue weighted by Crippen LogP contribution is 2.26. The lowest BCUT2D eigenvalue weighted by Gasteiger charge is -2.28. The van der Waals surface area contributed by atoms with Gasteiger partial charge in [0.1, 0.15) is 0 Å².